The van der Waals surface area contributed by atoms with E-state index in [1.807, 2.05) is 4.90 Å². The number of likely N-dealkylation sites (tertiary alicyclic amines) is 1. The lowest BCUT2D eigenvalue weighted by Crippen LogP contribution is -2.71. The highest BCUT2D eigenvalue weighted by atomic mass is 16.5. The summed E-state index contributed by atoms with van der Waals surface area (Å²) >= 11 is 0. The lowest BCUT2D eigenvalue weighted by molar-refractivity contribution is -0.179. The molecule has 2 fully saturated rings. The van der Waals surface area contributed by atoms with Crippen molar-refractivity contribution in [2.75, 3.05) is 13.2 Å². The highest BCUT2D eigenvalue weighted by Crippen LogP contribution is 2.49. The van der Waals surface area contributed by atoms with Crippen LogP contribution >= 0.6 is 0 Å². The molecule has 4 nitrogen and oxygen atoms in total. The van der Waals surface area contributed by atoms with E-state index in [4.69, 9.17) is 4.74 Å². The Balaban J connectivity index is 1.95. The number of hydrogen-bond donors (Lipinski definition) is 0. The van der Waals surface area contributed by atoms with Crippen molar-refractivity contribution in [2.24, 2.45) is 5.92 Å². The predicted octanol–water partition coefficient (Wildman–Crippen LogP) is 2.12. The summed E-state index contributed by atoms with van der Waals surface area (Å²) in [5.74, 6) is 0.273. The number of amides is 1. The number of fused-ring (bicyclic) bond motifs is 1. The molecular weight excluding hydrogens is 230 g/mol. The first-order valence-electron chi connectivity index (χ1n) is 7.12. The second-order valence-electron chi connectivity index (χ2n) is 5.30. The predicted molar refractivity (Wildman–Crippen MR) is 67.9 cm³/mol. The number of nitrogens with zero attached hydrogens (tertiary/aromatic N) is 1. The molecule has 0 N–H and O–H groups in total. The first-order chi connectivity index (χ1) is 8.65. The van der Waals surface area contributed by atoms with Crippen LogP contribution in [0.3, 0.4) is 0 Å². The fourth-order valence-corrected chi connectivity index (χ4v) is 3.62. The zero-order chi connectivity index (χ0) is 13.2. The molecule has 1 amide bonds. The van der Waals surface area contributed by atoms with Gasteiger partial charge < -0.3 is 9.64 Å². The lowest BCUT2D eigenvalue weighted by atomic mass is 9.63. The maximum Gasteiger partial charge on any atom is 0.307 e. The highest BCUT2D eigenvalue weighted by Gasteiger charge is 2.58. The number of hydrogen-bond acceptors (Lipinski definition) is 3. The molecule has 2 aliphatic rings. The summed E-state index contributed by atoms with van der Waals surface area (Å²) in [6.45, 7) is 4.90. The summed E-state index contributed by atoms with van der Waals surface area (Å²) in [7, 11) is 0. The van der Waals surface area contributed by atoms with Crippen LogP contribution < -0.4 is 0 Å². The fraction of sp³-hybridized carbons (Fsp3) is 0.857. The molecule has 0 aromatic carbocycles. The normalized spacial score (nSPS) is 30.7. The number of carbonyl (C=O) groups is 2. The minimum atomic E-state index is -0.198. The summed E-state index contributed by atoms with van der Waals surface area (Å²) < 4.78 is 4.92. The van der Waals surface area contributed by atoms with Gasteiger partial charge in [-0.1, -0.05) is 19.8 Å². The van der Waals surface area contributed by atoms with Crippen molar-refractivity contribution in [1.29, 1.82) is 0 Å². The van der Waals surface area contributed by atoms with Gasteiger partial charge in [0.25, 0.3) is 0 Å². The molecule has 0 aromatic heterocycles. The van der Waals surface area contributed by atoms with Crippen LogP contribution in [0.1, 0.15) is 52.4 Å². The molecule has 2 rings (SSSR count). The third kappa shape index (κ3) is 2.02. The highest BCUT2D eigenvalue weighted by molar-refractivity contribution is 5.88. The molecule has 1 saturated heterocycles. The van der Waals surface area contributed by atoms with Crippen molar-refractivity contribution in [3.63, 3.8) is 0 Å². The molecule has 0 aromatic rings. The molecule has 0 bridgehead atoms. The van der Waals surface area contributed by atoms with E-state index in [-0.39, 0.29) is 23.3 Å². The third-order valence-electron chi connectivity index (χ3n) is 4.56. The van der Waals surface area contributed by atoms with Gasteiger partial charge in [-0.3, -0.25) is 9.59 Å². The zero-order valence-corrected chi connectivity index (χ0v) is 11.4. The Hall–Kier alpha value is -1.06. The maximum absolute atomic E-state index is 12.1. The van der Waals surface area contributed by atoms with Crippen LogP contribution in [0.5, 0.6) is 0 Å². The second kappa shape index (κ2) is 5.29. The number of β-lactam (4-membered cyclic amide) rings is 1. The van der Waals surface area contributed by atoms with E-state index in [0.717, 1.165) is 19.3 Å². The topological polar surface area (TPSA) is 46.6 Å². The third-order valence-corrected chi connectivity index (χ3v) is 4.56. The quantitative estimate of drug-likeness (QED) is 0.557. The average molecular weight is 253 g/mol. The summed E-state index contributed by atoms with van der Waals surface area (Å²) in [5, 5.41) is 0. The molecule has 0 unspecified atom stereocenters. The lowest BCUT2D eigenvalue weighted by Gasteiger charge is -2.60. The van der Waals surface area contributed by atoms with E-state index in [9.17, 15) is 9.59 Å². The number of ether oxygens (including phenoxy) is 1. The minimum absolute atomic E-state index is 0.0574. The van der Waals surface area contributed by atoms with Crippen molar-refractivity contribution in [3.8, 4) is 0 Å². The summed E-state index contributed by atoms with van der Waals surface area (Å²) in [6, 6.07) is 0. The molecule has 1 saturated carbocycles. The van der Waals surface area contributed by atoms with Gasteiger partial charge in [-0.15, -0.1) is 0 Å². The molecule has 4 heteroatoms. The fourth-order valence-electron chi connectivity index (χ4n) is 3.62. The smallest absolute Gasteiger partial charge is 0.307 e. The molecule has 1 aliphatic heterocycles. The van der Waals surface area contributed by atoms with Crippen LogP contribution in [-0.2, 0) is 14.3 Å². The van der Waals surface area contributed by atoms with Crippen molar-refractivity contribution in [1.82, 2.24) is 4.90 Å². The number of rotatable bonds is 5. The van der Waals surface area contributed by atoms with E-state index in [1.165, 1.54) is 12.8 Å². The average Bonchev–Trinajstić information content (AvgIpc) is 2.38. The van der Waals surface area contributed by atoms with Crippen LogP contribution in [-0.4, -0.2) is 35.5 Å². The van der Waals surface area contributed by atoms with Crippen molar-refractivity contribution < 1.29 is 14.3 Å². The van der Waals surface area contributed by atoms with Crippen LogP contribution in [0.4, 0.5) is 0 Å². The Morgan fingerprint density at radius 1 is 1.44 bits per heavy atom. The standard InChI is InChI=1S/C14H23NO3/c1-3-14-9-6-5-7-11(14)13(17)15(14)10-8-12(16)18-4-2/h11H,3-10H2,1-2H3/t11-,14-/m0/s1. The zero-order valence-electron chi connectivity index (χ0n) is 11.4. The van der Waals surface area contributed by atoms with Gasteiger partial charge in [0.15, 0.2) is 0 Å². The van der Waals surface area contributed by atoms with Gasteiger partial charge >= 0.3 is 5.97 Å². The Morgan fingerprint density at radius 3 is 2.89 bits per heavy atom. The van der Waals surface area contributed by atoms with Crippen molar-refractivity contribution in [3.05, 3.63) is 0 Å². The van der Waals surface area contributed by atoms with Crippen LogP contribution in [0.15, 0.2) is 0 Å². The van der Waals surface area contributed by atoms with Gasteiger partial charge in [-0.25, -0.2) is 0 Å². The number of esters is 1. The molecule has 0 spiro atoms. The maximum atomic E-state index is 12.1. The molecule has 2 atom stereocenters. The van der Waals surface area contributed by atoms with Gasteiger partial charge in [0, 0.05) is 6.54 Å². The van der Waals surface area contributed by atoms with E-state index in [0.29, 0.717) is 19.6 Å². The van der Waals surface area contributed by atoms with E-state index >= 15 is 0 Å². The minimum Gasteiger partial charge on any atom is -0.466 e. The SMILES string of the molecule is CCOC(=O)CCN1C(=O)[C@@H]2CCCC[C@@]21CC. The summed E-state index contributed by atoms with van der Waals surface area (Å²) in [5.41, 5.74) is 0.0574. The summed E-state index contributed by atoms with van der Waals surface area (Å²) in [4.78, 5) is 25.4. The van der Waals surface area contributed by atoms with Crippen molar-refractivity contribution >= 4 is 11.9 Å². The van der Waals surface area contributed by atoms with Crippen LogP contribution in [0.25, 0.3) is 0 Å². The molecule has 1 heterocycles. The van der Waals surface area contributed by atoms with Crippen LogP contribution in [0.2, 0.25) is 0 Å². The first kappa shape index (κ1) is 13.4. The van der Waals surface area contributed by atoms with Crippen molar-refractivity contribution in [2.45, 2.75) is 57.9 Å². The van der Waals surface area contributed by atoms with E-state index in [1.54, 1.807) is 6.92 Å². The van der Waals surface area contributed by atoms with Gasteiger partial charge in [0.1, 0.15) is 0 Å². The van der Waals surface area contributed by atoms with E-state index < -0.39 is 0 Å². The summed E-state index contributed by atoms with van der Waals surface area (Å²) in [6.07, 6.45) is 5.84. The second-order valence-corrected chi connectivity index (χ2v) is 5.30. The largest absolute Gasteiger partial charge is 0.466 e. The van der Waals surface area contributed by atoms with Gasteiger partial charge in [0.2, 0.25) is 5.91 Å². The number of carbonyl (C=O) groups excluding carboxylic acids is 2. The molecule has 18 heavy (non-hydrogen) atoms. The Labute approximate surface area is 109 Å². The first-order valence-corrected chi connectivity index (χ1v) is 7.12. The van der Waals surface area contributed by atoms with Gasteiger partial charge in [-0.05, 0) is 26.2 Å². The molecule has 0 radical (unpaired) electrons. The monoisotopic (exact) mass is 253 g/mol. The Morgan fingerprint density at radius 2 is 2.22 bits per heavy atom. The van der Waals surface area contributed by atoms with Crippen LogP contribution in [0, 0.1) is 5.92 Å². The molecule has 1 aliphatic carbocycles. The Kier molecular flexibility index (Phi) is 3.93. The van der Waals surface area contributed by atoms with Gasteiger partial charge in [0.05, 0.1) is 24.5 Å². The molecular formula is C14H23NO3. The Bertz CT molecular complexity index is 342. The van der Waals surface area contributed by atoms with E-state index in [2.05, 4.69) is 6.92 Å². The van der Waals surface area contributed by atoms with Gasteiger partial charge in [-0.2, -0.15) is 0 Å². The molecule has 102 valence electrons.